The molecule has 0 aliphatic heterocycles. The van der Waals surface area contributed by atoms with Gasteiger partial charge in [-0.3, -0.25) is 15.4 Å². The van der Waals surface area contributed by atoms with Crippen molar-refractivity contribution in [3.05, 3.63) is 0 Å². The molecular weight excluding hydrogens is 232 g/mol. The number of guanidine groups is 1. The number of ether oxygens (including phenoxy) is 1. The number of oxime groups is 1. The van der Waals surface area contributed by atoms with Gasteiger partial charge in [-0.05, 0) is 5.16 Å². The first-order chi connectivity index (χ1) is 8.03. The highest BCUT2D eigenvalue weighted by Gasteiger charge is 2.26. The van der Waals surface area contributed by atoms with E-state index in [0.717, 1.165) is 10.1 Å². The Labute approximate surface area is 99.5 Å². The first-order valence-electron chi connectivity index (χ1n) is 4.58. The molecule has 0 heterocycles. The number of rotatable bonds is 5. The number of carbonyl (C=O) groups excluding carboxylic acids is 1. The molecule has 0 rings (SSSR count). The van der Waals surface area contributed by atoms with E-state index in [0.29, 0.717) is 0 Å². The van der Waals surface area contributed by atoms with Crippen LogP contribution in [0.25, 0.3) is 0 Å². The molecule has 0 saturated carbocycles. The molecule has 0 saturated heterocycles. The molecule has 0 aliphatic rings. The Bertz CT molecular complexity index is 269. The molecule has 1 atom stereocenters. The lowest BCUT2D eigenvalue weighted by molar-refractivity contribution is -0.293. The van der Waals surface area contributed by atoms with E-state index < -0.39 is 12.1 Å². The van der Waals surface area contributed by atoms with E-state index in [-0.39, 0.29) is 5.96 Å². The van der Waals surface area contributed by atoms with Crippen LogP contribution in [0, 0.1) is 0 Å². The van der Waals surface area contributed by atoms with Gasteiger partial charge in [-0.25, -0.2) is 9.68 Å². The third-order valence-electron chi connectivity index (χ3n) is 1.80. The number of hydrogen-bond acceptors (Lipinski definition) is 7. The maximum Gasteiger partial charge on any atom is 0.296 e. The largest absolute Gasteiger partial charge is 0.396 e. The van der Waals surface area contributed by atoms with Gasteiger partial charge in [-0.15, -0.1) is 0 Å². The van der Waals surface area contributed by atoms with E-state index in [9.17, 15) is 4.79 Å². The zero-order chi connectivity index (χ0) is 13.4. The molecule has 0 fully saturated rings. The Hall–Kier alpha value is -1.42. The fraction of sp³-hybridized carbons (Fsp3) is 0.750. The molecule has 17 heavy (non-hydrogen) atoms. The van der Waals surface area contributed by atoms with Gasteiger partial charge in [0.2, 0.25) is 0 Å². The predicted octanol–water partition coefficient (Wildman–Crippen LogP) is -1.28. The number of methoxy groups -OCH3 is 1. The van der Waals surface area contributed by atoms with Crippen molar-refractivity contribution in [3.63, 3.8) is 0 Å². The fourth-order valence-corrected chi connectivity index (χ4v) is 0.927. The Morgan fingerprint density at radius 2 is 1.76 bits per heavy atom. The third-order valence-corrected chi connectivity index (χ3v) is 1.80. The predicted molar refractivity (Wildman–Crippen MR) is 58.1 cm³/mol. The Balaban J connectivity index is 4.95. The van der Waals surface area contributed by atoms with E-state index in [1.165, 1.54) is 35.5 Å². The molecule has 2 N–H and O–H groups in total. The molecule has 9 heteroatoms. The molecule has 0 radical (unpaired) electrons. The third kappa shape index (κ3) is 4.15. The number of nitrogens with two attached hydrogens (primary N) is 1. The van der Waals surface area contributed by atoms with Crippen LogP contribution in [-0.2, 0) is 24.0 Å². The van der Waals surface area contributed by atoms with Crippen molar-refractivity contribution in [1.29, 1.82) is 0 Å². The number of nitrogens with zero attached hydrogens (tertiary/aromatic N) is 3. The number of amides is 1. The van der Waals surface area contributed by atoms with Gasteiger partial charge in [-0.1, -0.05) is 5.23 Å². The highest BCUT2D eigenvalue weighted by atomic mass is 16.9. The molecule has 0 aromatic rings. The fourth-order valence-electron chi connectivity index (χ4n) is 0.927. The summed E-state index contributed by atoms with van der Waals surface area (Å²) in [5.41, 5.74) is 5.43. The summed E-state index contributed by atoms with van der Waals surface area (Å²) in [6.07, 6.45) is -1.11. The van der Waals surface area contributed by atoms with Crippen molar-refractivity contribution in [2.24, 2.45) is 10.9 Å². The van der Waals surface area contributed by atoms with Gasteiger partial charge in [0.05, 0.1) is 14.2 Å². The summed E-state index contributed by atoms with van der Waals surface area (Å²) in [5.74, 6) is -0.572. The first-order valence-corrected chi connectivity index (χ1v) is 4.58. The maximum absolute atomic E-state index is 11.7. The topological polar surface area (TPSA) is 98.9 Å². The van der Waals surface area contributed by atoms with Crippen LogP contribution in [0.2, 0.25) is 0 Å². The van der Waals surface area contributed by atoms with Crippen molar-refractivity contribution >= 4 is 11.9 Å². The number of likely N-dealkylation sites (N-methyl/N-ethyl adjacent to an activating group) is 1. The zero-order valence-corrected chi connectivity index (χ0v) is 10.5. The smallest absolute Gasteiger partial charge is 0.296 e. The summed E-state index contributed by atoms with van der Waals surface area (Å²) in [5, 5.41) is 4.47. The van der Waals surface area contributed by atoms with Gasteiger partial charge in [-0.2, -0.15) is 0 Å². The van der Waals surface area contributed by atoms with Crippen LogP contribution in [0.1, 0.15) is 0 Å². The van der Waals surface area contributed by atoms with E-state index in [1.54, 1.807) is 0 Å². The molecule has 0 aliphatic carbocycles. The van der Waals surface area contributed by atoms with E-state index in [1.807, 2.05) is 0 Å². The van der Waals surface area contributed by atoms with Crippen LogP contribution < -0.4 is 5.73 Å². The summed E-state index contributed by atoms with van der Waals surface area (Å²) < 4.78 is 4.70. The van der Waals surface area contributed by atoms with E-state index >= 15 is 0 Å². The lowest BCUT2D eigenvalue weighted by atomic mass is 10.5. The minimum Gasteiger partial charge on any atom is -0.396 e. The van der Waals surface area contributed by atoms with E-state index in [4.69, 9.17) is 20.1 Å². The van der Waals surface area contributed by atoms with Crippen LogP contribution in [0.3, 0.4) is 0 Å². The molecule has 0 aromatic carbocycles. The van der Waals surface area contributed by atoms with Crippen LogP contribution in [0.15, 0.2) is 5.16 Å². The first kappa shape index (κ1) is 15.6. The summed E-state index contributed by atoms with van der Waals surface area (Å²) in [6, 6.07) is 0. The molecule has 100 valence electrons. The number of hydroxylamine groups is 2. The average molecular weight is 250 g/mol. The van der Waals surface area contributed by atoms with Gasteiger partial charge < -0.3 is 9.57 Å². The van der Waals surface area contributed by atoms with Crippen LogP contribution in [0.4, 0.5) is 0 Å². The quantitative estimate of drug-likeness (QED) is 0.281. The van der Waals surface area contributed by atoms with Crippen LogP contribution in [0.5, 0.6) is 0 Å². The lowest BCUT2D eigenvalue weighted by Crippen LogP contribution is -2.50. The Kier molecular flexibility index (Phi) is 7.14. The van der Waals surface area contributed by atoms with Gasteiger partial charge in [0.1, 0.15) is 7.11 Å². The number of carbonyl (C=O) groups is 1. The second-order valence-electron chi connectivity index (χ2n) is 2.75. The molecule has 0 bridgehead atoms. The average Bonchev–Trinajstić information content (AvgIpc) is 2.36. The lowest BCUT2D eigenvalue weighted by Gasteiger charge is -2.26. The van der Waals surface area contributed by atoms with Crippen molar-refractivity contribution < 1.29 is 24.0 Å². The summed E-state index contributed by atoms with van der Waals surface area (Å²) in [4.78, 5) is 27.0. The highest BCUT2D eigenvalue weighted by molar-refractivity contribution is 5.97. The molecule has 9 nitrogen and oxygen atoms in total. The SMILES string of the molecule is CO/N=C(\N(OC)OC)N(C)C(=O)C(N)OC. The summed E-state index contributed by atoms with van der Waals surface area (Å²) in [7, 11) is 6.72. The van der Waals surface area contributed by atoms with Crippen molar-refractivity contribution in [2.45, 2.75) is 6.23 Å². The summed E-state index contributed by atoms with van der Waals surface area (Å²) in [6.45, 7) is 0. The molecule has 0 spiro atoms. The second-order valence-corrected chi connectivity index (χ2v) is 2.75. The van der Waals surface area contributed by atoms with Gasteiger partial charge >= 0.3 is 0 Å². The van der Waals surface area contributed by atoms with Crippen LogP contribution >= 0.6 is 0 Å². The van der Waals surface area contributed by atoms with Crippen LogP contribution in [-0.4, -0.2) is 63.7 Å². The highest BCUT2D eigenvalue weighted by Crippen LogP contribution is 2.01. The van der Waals surface area contributed by atoms with E-state index in [2.05, 4.69) is 9.99 Å². The second kappa shape index (κ2) is 7.79. The Morgan fingerprint density at radius 3 is 2.12 bits per heavy atom. The Morgan fingerprint density at radius 1 is 1.24 bits per heavy atom. The molecule has 0 aromatic heterocycles. The summed E-state index contributed by atoms with van der Waals surface area (Å²) >= 11 is 0. The molecular formula is C8H18N4O5. The van der Waals surface area contributed by atoms with Gasteiger partial charge in [0.15, 0.2) is 6.23 Å². The molecule has 1 unspecified atom stereocenters. The zero-order valence-electron chi connectivity index (χ0n) is 10.5. The van der Waals surface area contributed by atoms with Crippen molar-refractivity contribution in [1.82, 2.24) is 10.1 Å². The minimum atomic E-state index is -1.11. The maximum atomic E-state index is 11.7. The van der Waals surface area contributed by atoms with Gasteiger partial charge in [0, 0.05) is 14.2 Å². The minimum absolute atomic E-state index is 0.0324. The van der Waals surface area contributed by atoms with Gasteiger partial charge in [0.25, 0.3) is 11.9 Å². The number of hydrogen-bond donors (Lipinski definition) is 1. The monoisotopic (exact) mass is 250 g/mol. The normalized spacial score (nSPS) is 13.2. The standard InChI is InChI=1S/C8H18N4O5/c1-11(7(13)6(9)14-2)8(10-15-3)12(16-4)17-5/h6H,9H2,1-5H3/b10-8-. The molecule has 1 amide bonds. The van der Waals surface area contributed by atoms with Crippen molar-refractivity contribution in [2.75, 3.05) is 35.5 Å². The van der Waals surface area contributed by atoms with Crippen molar-refractivity contribution in [3.8, 4) is 0 Å².